The van der Waals surface area contributed by atoms with E-state index in [0.717, 1.165) is 30.0 Å². The van der Waals surface area contributed by atoms with Crippen molar-refractivity contribution in [3.8, 4) is 6.07 Å². The van der Waals surface area contributed by atoms with Gasteiger partial charge in [0.2, 0.25) is 0 Å². The van der Waals surface area contributed by atoms with E-state index >= 15 is 0 Å². The summed E-state index contributed by atoms with van der Waals surface area (Å²) in [6.45, 7) is 4.66. The van der Waals surface area contributed by atoms with E-state index in [0.29, 0.717) is 23.7 Å². The number of benzene rings is 2. The highest BCUT2D eigenvalue weighted by atomic mass is 35.5. The lowest BCUT2D eigenvalue weighted by Gasteiger charge is -2.36. The van der Waals surface area contributed by atoms with Gasteiger partial charge in [0.25, 0.3) is 0 Å². The van der Waals surface area contributed by atoms with Crippen molar-refractivity contribution in [2.45, 2.75) is 6.92 Å². The standard InChI is InChI=1S/C19H19ClN4O/c1-14-5-6-16(20)12-18(14)22-19(25)24-9-7-23(8-10-24)17-4-2-3-15(11-17)13-21/h2-6,11-12H,7-10H2,1H3,(H,22,25). The van der Waals surface area contributed by atoms with Gasteiger partial charge in [0, 0.05) is 42.6 Å². The molecule has 3 rings (SSSR count). The fourth-order valence-corrected chi connectivity index (χ4v) is 3.04. The van der Waals surface area contributed by atoms with Crippen LogP contribution in [0, 0.1) is 18.3 Å². The SMILES string of the molecule is Cc1ccc(Cl)cc1NC(=O)N1CCN(c2cccc(C#N)c2)CC1. The Balaban J connectivity index is 1.61. The van der Waals surface area contributed by atoms with Crippen molar-refractivity contribution in [2.75, 3.05) is 36.4 Å². The van der Waals surface area contributed by atoms with Crippen molar-refractivity contribution in [1.29, 1.82) is 5.26 Å². The Kier molecular flexibility index (Phi) is 5.11. The van der Waals surface area contributed by atoms with Crippen LogP contribution in [0.4, 0.5) is 16.2 Å². The minimum absolute atomic E-state index is 0.115. The van der Waals surface area contributed by atoms with Gasteiger partial charge < -0.3 is 15.1 Å². The molecule has 25 heavy (non-hydrogen) atoms. The second-order valence-electron chi connectivity index (χ2n) is 6.03. The lowest BCUT2D eigenvalue weighted by Crippen LogP contribution is -2.50. The fraction of sp³-hybridized carbons (Fsp3) is 0.263. The molecule has 0 radical (unpaired) electrons. The van der Waals surface area contributed by atoms with Gasteiger partial charge in [0.15, 0.2) is 0 Å². The molecule has 1 aliphatic rings. The highest BCUT2D eigenvalue weighted by molar-refractivity contribution is 6.31. The van der Waals surface area contributed by atoms with Gasteiger partial charge in [0.1, 0.15) is 0 Å². The van der Waals surface area contributed by atoms with E-state index in [-0.39, 0.29) is 6.03 Å². The lowest BCUT2D eigenvalue weighted by molar-refractivity contribution is 0.208. The zero-order chi connectivity index (χ0) is 17.8. The number of urea groups is 1. The lowest BCUT2D eigenvalue weighted by atomic mass is 10.2. The van der Waals surface area contributed by atoms with E-state index in [2.05, 4.69) is 16.3 Å². The molecule has 2 aromatic carbocycles. The van der Waals surface area contributed by atoms with Crippen molar-refractivity contribution in [3.05, 3.63) is 58.6 Å². The predicted molar refractivity (Wildman–Crippen MR) is 100 cm³/mol. The van der Waals surface area contributed by atoms with Crippen molar-refractivity contribution in [3.63, 3.8) is 0 Å². The van der Waals surface area contributed by atoms with Crippen LogP contribution in [0.5, 0.6) is 0 Å². The second kappa shape index (κ2) is 7.45. The molecule has 128 valence electrons. The summed E-state index contributed by atoms with van der Waals surface area (Å²) in [7, 11) is 0. The fourth-order valence-electron chi connectivity index (χ4n) is 2.86. The van der Waals surface area contributed by atoms with Gasteiger partial charge in [-0.15, -0.1) is 0 Å². The first-order valence-electron chi connectivity index (χ1n) is 8.14. The Morgan fingerprint density at radius 1 is 1.16 bits per heavy atom. The van der Waals surface area contributed by atoms with Crippen LogP contribution in [0.2, 0.25) is 5.02 Å². The Morgan fingerprint density at radius 3 is 2.64 bits per heavy atom. The summed E-state index contributed by atoms with van der Waals surface area (Å²) in [4.78, 5) is 16.5. The number of hydrogen-bond acceptors (Lipinski definition) is 3. The molecule has 5 nitrogen and oxygen atoms in total. The molecule has 2 amide bonds. The predicted octanol–water partition coefficient (Wildman–Crippen LogP) is 3.87. The van der Waals surface area contributed by atoms with Crippen LogP contribution >= 0.6 is 11.6 Å². The Labute approximate surface area is 152 Å². The molecule has 0 atom stereocenters. The number of carbonyl (C=O) groups excluding carboxylic acids is 1. The van der Waals surface area contributed by atoms with Crippen LogP contribution < -0.4 is 10.2 Å². The van der Waals surface area contributed by atoms with Gasteiger partial charge >= 0.3 is 6.03 Å². The highest BCUT2D eigenvalue weighted by Crippen LogP contribution is 2.22. The minimum atomic E-state index is -0.115. The third-order valence-electron chi connectivity index (χ3n) is 4.35. The maximum atomic E-state index is 12.5. The summed E-state index contributed by atoms with van der Waals surface area (Å²) in [6.07, 6.45) is 0. The summed E-state index contributed by atoms with van der Waals surface area (Å²) in [5.74, 6) is 0. The molecule has 0 unspecified atom stereocenters. The van der Waals surface area contributed by atoms with E-state index in [1.807, 2.05) is 31.2 Å². The average molecular weight is 355 g/mol. The summed E-state index contributed by atoms with van der Waals surface area (Å²) in [6, 6.07) is 15.0. The molecular weight excluding hydrogens is 336 g/mol. The van der Waals surface area contributed by atoms with Crippen LogP contribution in [0.25, 0.3) is 0 Å². The number of nitrogens with zero attached hydrogens (tertiary/aromatic N) is 3. The maximum absolute atomic E-state index is 12.5. The van der Waals surface area contributed by atoms with E-state index in [9.17, 15) is 4.79 Å². The van der Waals surface area contributed by atoms with Crippen molar-refractivity contribution in [1.82, 2.24) is 4.90 Å². The van der Waals surface area contributed by atoms with Gasteiger partial charge in [-0.3, -0.25) is 0 Å². The smallest absolute Gasteiger partial charge is 0.321 e. The molecule has 6 heteroatoms. The zero-order valence-corrected chi connectivity index (χ0v) is 14.8. The molecule has 0 bridgehead atoms. The van der Waals surface area contributed by atoms with Crippen LogP contribution in [0.15, 0.2) is 42.5 Å². The Morgan fingerprint density at radius 2 is 1.92 bits per heavy atom. The molecule has 1 aliphatic heterocycles. The minimum Gasteiger partial charge on any atom is -0.368 e. The molecule has 1 fully saturated rings. The number of anilines is 2. The summed E-state index contributed by atoms with van der Waals surface area (Å²) in [5.41, 5.74) is 3.38. The number of hydrogen-bond donors (Lipinski definition) is 1. The van der Waals surface area contributed by atoms with Gasteiger partial charge in [-0.25, -0.2) is 4.79 Å². The number of nitriles is 1. The first-order valence-corrected chi connectivity index (χ1v) is 8.52. The third-order valence-corrected chi connectivity index (χ3v) is 4.58. The number of nitrogens with one attached hydrogen (secondary N) is 1. The third kappa shape index (κ3) is 4.04. The van der Waals surface area contributed by atoms with E-state index < -0.39 is 0 Å². The molecule has 1 heterocycles. The Bertz CT molecular complexity index is 822. The van der Waals surface area contributed by atoms with Crippen LogP contribution in [-0.4, -0.2) is 37.1 Å². The molecule has 0 aliphatic carbocycles. The van der Waals surface area contributed by atoms with Crippen LogP contribution in [0.3, 0.4) is 0 Å². The quantitative estimate of drug-likeness (QED) is 0.890. The molecule has 1 saturated heterocycles. The molecule has 2 aromatic rings. The van der Waals surface area contributed by atoms with E-state index in [1.165, 1.54) is 0 Å². The van der Waals surface area contributed by atoms with Gasteiger partial charge in [-0.1, -0.05) is 23.7 Å². The van der Waals surface area contributed by atoms with Crippen molar-refractivity contribution >= 4 is 29.0 Å². The highest BCUT2D eigenvalue weighted by Gasteiger charge is 2.21. The largest absolute Gasteiger partial charge is 0.368 e. The number of rotatable bonds is 2. The number of piperazine rings is 1. The molecule has 0 saturated carbocycles. The number of halogens is 1. The number of amides is 2. The van der Waals surface area contributed by atoms with E-state index in [4.69, 9.17) is 16.9 Å². The second-order valence-corrected chi connectivity index (χ2v) is 6.46. The zero-order valence-electron chi connectivity index (χ0n) is 14.0. The van der Waals surface area contributed by atoms with Gasteiger partial charge in [-0.2, -0.15) is 5.26 Å². The molecule has 1 N–H and O–H groups in total. The first kappa shape index (κ1) is 17.1. The van der Waals surface area contributed by atoms with Crippen molar-refractivity contribution in [2.24, 2.45) is 0 Å². The van der Waals surface area contributed by atoms with Crippen LogP contribution in [0.1, 0.15) is 11.1 Å². The Hall–Kier alpha value is -2.71. The van der Waals surface area contributed by atoms with Crippen molar-refractivity contribution < 1.29 is 4.79 Å². The van der Waals surface area contributed by atoms with E-state index in [1.54, 1.807) is 23.1 Å². The number of carbonyl (C=O) groups is 1. The summed E-state index contributed by atoms with van der Waals surface area (Å²) in [5, 5.41) is 12.6. The molecule has 0 spiro atoms. The molecular formula is C19H19ClN4O. The molecule has 0 aromatic heterocycles. The summed E-state index contributed by atoms with van der Waals surface area (Å²) >= 11 is 6.00. The van der Waals surface area contributed by atoms with Gasteiger partial charge in [0.05, 0.1) is 11.6 Å². The normalized spacial score (nSPS) is 14.1. The maximum Gasteiger partial charge on any atom is 0.321 e. The topological polar surface area (TPSA) is 59.4 Å². The monoisotopic (exact) mass is 354 g/mol. The summed E-state index contributed by atoms with van der Waals surface area (Å²) < 4.78 is 0. The van der Waals surface area contributed by atoms with Crippen LogP contribution in [-0.2, 0) is 0 Å². The van der Waals surface area contributed by atoms with Gasteiger partial charge in [-0.05, 0) is 42.8 Å². The first-order chi connectivity index (χ1) is 12.1. The number of aryl methyl sites for hydroxylation is 1. The average Bonchev–Trinajstić information content (AvgIpc) is 2.65.